The van der Waals surface area contributed by atoms with Crippen molar-refractivity contribution >= 4 is 51.7 Å². The zero-order valence-corrected chi connectivity index (χ0v) is 23.5. The van der Waals surface area contributed by atoms with E-state index in [1.165, 1.54) is 45.0 Å². The number of hydrogen-bond acceptors (Lipinski definition) is 8. The predicted octanol–water partition coefficient (Wildman–Crippen LogP) is 4.92. The average molecular weight is 572 g/mol. The molecule has 2 saturated heterocycles. The molecular formula is C27H34ClN7O3S. The van der Waals surface area contributed by atoms with E-state index < -0.39 is 11.3 Å². The lowest BCUT2D eigenvalue weighted by Crippen LogP contribution is -2.43. The minimum absolute atomic E-state index is 0.194. The Labute approximate surface area is 236 Å². The number of halogens is 1. The van der Waals surface area contributed by atoms with Crippen molar-refractivity contribution in [3.8, 4) is 5.75 Å². The molecule has 1 unspecified atom stereocenters. The van der Waals surface area contributed by atoms with Crippen LogP contribution in [0.2, 0.25) is 5.02 Å². The van der Waals surface area contributed by atoms with Crippen LogP contribution in [-0.2, 0) is 17.8 Å². The van der Waals surface area contributed by atoms with Gasteiger partial charge in [-0.15, -0.1) is 0 Å². The lowest BCUT2D eigenvalue weighted by atomic mass is 10.0. The molecule has 2 aliphatic rings. The first kappa shape index (κ1) is 27.6. The van der Waals surface area contributed by atoms with Crippen molar-refractivity contribution in [2.45, 2.75) is 38.3 Å². The number of benzene rings is 2. The van der Waals surface area contributed by atoms with Gasteiger partial charge in [0.05, 0.1) is 19.0 Å². The molecule has 2 aromatic carbocycles. The zero-order valence-electron chi connectivity index (χ0n) is 21.9. The summed E-state index contributed by atoms with van der Waals surface area (Å²) in [7, 11) is 1.66. The number of methoxy groups -OCH3 is 1. The van der Waals surface area contributed by atoms with Gasteiger partial charge >= 0.3 is 0 Å². The van der Waals surface area contributed by atoms with Crippen molar-refractivity contribution < 1.29 is 13.5 Å². The number of likely N-dealkylation sites (tertiary alicyclic amines) is 1. The molecule has 0 radical (unpaired) electrons. The molecule has 1 aromatic heterocycles. The number of anilines is 5. The summed E-state index contributed by atoms with van der Waals surface area (Å²) in [6, 6.07) is 14.3. The molecule has 3 aromatic rings. The first-order chi connectivity index (χ1) is 19.0. The smallest absolute Gasteiger partial charge is 0.232 e. The molecule has 39 heavy (non-hydrogen) atoms. The summed E-state index contributed by atoms with van der Waals surface area (Å²) in [4.78, 5) is 14.0. The van der Waals surface area contributed by atoms with Gasteiger partial charge in [0.2, 0.25) is 17.2 Å². The average Bonchev–Trinajstić information content (AvgIpc) is 3.50. The Morgan fingerprint density at radius 3 is 2.59 bits per heavy atom. The molecule has 5 rings (SSSR count). The van der Waals surface area contributed by atoms with Gasteiger partial charge in [0, 0.05) is 43.1 Å². The van der Waals surface area contributed by atoms with Crippen LogP contribution in [0.5, 0.6) is 5.75 Å². The van der Waals surface area contributed by atoms with Crippen molar-refractivity contribution in [3.63, 3.8) is 0 Å². The largest absolute Gasteiger partial charge is 0.494 e. The van der Waals surface area contributed by atoms with E-state index in [-0.39, 0.29) is 6.54 Å². The minimum atomic E-state index is -2.12. The van der Waals surface area contributed by atoms with E-state index in [1.807, 2.05) is 30.3 Å². The number of rotatable bonds is 10. The summed E-state index contributed by atoms with van der Waals surface area (Å²) in [6.45, 7) is 4.77. The highest BCUT2D eigenvalue weighted by Crippen LogP contribution is 2.34. The summed E-state index contributed by atoms with van der Waals surface area (Å²) in [6.07, 6.45) is 6.56. The van der Waals surface area contributed by atoms with Gasteiger partial charge in [0.1, 0.15) is 10.8 Å². The summed E-state index contributed by atoms with van der Waals surface area (Å²) in [5, 5.41) is 6.80. The molecule has 208 valence electrons. The standard InChI is InChI=1S/C27H34ClN7O3S/c1-38-25-16-21(35-14-10-20(11-15-35)34-12-4-5-13-34)8-9-24(25)32-27-29-18-22(28)26(33-27)31-23-7-3-2-6-19(23)17-30-39(36)37/h2-3,6-9,16,18,20,30H,4-5,10-15,17H2,1H3,(H,36,37)(H2,29,31,32,33). The van der Waals surface area contributed by atoms with E-state index in [4.69, 9.17) is 20.9 Å². The van der Waals surface area contributed by atoms with Crippen molar-refractivity contribution in [3.05, 3.63) is 59.2 Å². The number of para-hydroxylation sites is 1. The maximum atomic E-state index is 11.1. The Morgan fingerprint density at radius 1 is 1.08 bits per heavy atom. The molecule has 0 aliphatic carbocycles. The molecular weight excluding hydrogens is 538 g/mol. The first-order valence-electron chi connectivity index (χ1n) is 13.2. The Hall–Kier alpha value is -2.96. The van der Waals surface area contributed by atoms with Gasteiger partial charge in [0.25, 0.3) is 0 Å². The van der Waals surface area contributed by atoms with Crippen LogP contribution in [0.4, 0.5) is 28.8 Å². The van der Waals surface area contributed by atoms with E-state index >= 15 is 0 Å². The summed E-state index contributed by atoms with van der Waals surface area (Å²) >= 11 is 4.28. The third kappa shape index (κ3) is 6.98. The quantitative estimate of drug-likeness (QED) is 0.252. The molecule has 2 fully saturated rings. The highest BCUT2D eigenvalue weighted by atomic mass is 35.5. The lowest BCUT2D eigenvalue weighted by molar-refractivity contribution is 0.208. The lowest BCUT2D eigenvalue weighted by Gasteiger charge is -2.38. The van der Waals surface area contributed by atoms with E-state index in [0.717, 1.165) is 30.0 Å². The molecule has 3 heterocycles. The fourth-order valence-electron chi connectivity index (χ4n) is 5.27. The predicted molar refractivity (Wildman–Crippen MR) is 157 cm³/mol. The van der Waals surface area contributed by atoms with Gasteiger partial charge < -0.3 is 25.2 Å². The number of nitrogens with one attached hydrogen (secondary N) is 3. The van der Waals surface area contributed by atoms with Crippen LogP contribution in [0.25, 0.3) is 0 Å². The highest BCUT2D eigenvalue weighted by Gasteiger charge is 2.26. The molecule has 12 heteroatoms. The van der Waals surface area contributed by atoms with E-state index in [9.17, 15) is 4.21 Å². The Balaban J connectivity index is 1.27. The fraction of sp³-hybridized carbons (Fsp3) is 0.407. The maximum Gasteiger partial charge on any atom is 0.232 e. The Morgan fingerprint density at radius 2 is 1.85 bits per heavy atom. The topological polar surface area (TPSA) is 115 Å². The SMILES string of the molecule is COc1cc(N2CCC(N3CCCC3)CC2)ccc1Nc1ncc(Cl)c(Nc2ccccc2CNS(=O)O)n1. The molecule has 0 saturated carbocycles. The van der Waals surface area contributed by atoms with Gasteiger partial charge in [-0.25, -0.2) is 13.9 Å². The van der Waals surface area contributed by atoms with Crippen molar-refractivity contribution in [1.82, 2.24) is 19.6 Å². The summed E-state index contributed by atoms with van der Waals surface area (Å²) in [5.74, 6) is 1.46. The second-order valence-corrected chi connectivity index (χ2v) is 10.9. The third-order valence-electron chi connectivity index (χ3n) is 7.32. The molecule has 4 N–H and O–H groups in total. The Bertz CT molecular complexity index is 1300. The van der Waals surface area contributed by atoms with Gasteiger partial charge in [-0.1, -0.05) is 29.8 Å². The molecule has 2 aliphatic heterocycles. The van der Waals surface area contributed by atoms with Crippen LogP contribution in [0.15, 0.2) is 48.7 Å². The van der Waals surface area contributed by atoms with Crippen LogP contribution >= 0.6 is 11.6 Å². The molecule has 1 atom stereocenters. The van der Waals surface area contributed by atoms with E-state index in [0.29, 0.717) is 34.3 Å². The Kier molecular flexibility index (Phi) is 9.15. The molecule has 0 amide bonds. The summed E-state index contributed by atoms with van der Waals surface area (Å²) < 4.78 is 28.3. The molecule has 0 bridgehead atoms. The highest BCUT2D eigenvalue weighted by molar-refractivity contribution is 7.77. The zero-order chi connectivity index (χ0) is 27.2. The van der Waals surface area contributed by atoms with Crippen LogP contribution in [0, 0.1) is 0 Å². The van der Waals surface area contributed by atoms with Crippen LogP contribution < -0.4 is 25.0 Å². The normalized spacial score (nSPS) is 17.3. The van der Waals surface area contributed by atoms with E-state index in [1.54, 1.807) is 7.11 Å². The first-order valence-corrected chi connectivity index (χ1v) is 14.6. The van der Waals surface area contributed by atoms with Crippen LogP contribution in [-0.4, -0.2) is 63.0 Å². The number of hydrogen-bond donors (Lipinski definition) is 4. The van der Waals surface area contributed by atoms with Gasteiger partial charge in [-0.3, -0.25) is 4.55 Å². The van der Waals surface area contributed by atoms with E-state index in [2.05, 4.69) is 47.3 Å². The van der Waals surface area contributed by atoms with Crippen LogP contribution in [0.3, 0.4) is 0 Å². The number of nitrogens with zero attached hydrogens (tertiary/aromatic N) is 4. The van der Waals surface area contributed by atoms with Gasteiger partial charge in [-0.2, -0.15) is 4.98 Å². The third-order valence-corrected chi connectivity index (χ3v) is 7.99. The van der Waals surface area contributed by atoms with Gasteiger partial charge in [0.15, 0.2) is 5.82 Å². The monoisotopic (exact) mass is 571 g/mol. The number of ether oxygens (including phenoxy) is 1. The maximum absolute atomic E-state index is 11.1. The van der Waals surface area contributed by atoms with Crippen molar-refractivity contribution in [2.75, 3.05) is 48.8 Å². The summed E-state index contributed by atoms with van der Waals surface area (Å²) in [5.41, 5.74) is 3.38. The number of piperidine rings is 1. The second kappa shape index (κ2) is 12.9. The van der Waals surface area contributed by atoms with Crippen molar-refractivity contribution in [2.24, 2.45) is 0 Å². The molecule has 0 spiro atoms. The van der Waals surface area contributed by atoms with Crippen molar-refractivity contribution in [1.29, 1.82) is 0 Å². The molecule has 10 nitrogen and oxygen atoms in total. The van der Waals surface area contributed by atoms with Crippen LogP contribution in [0.1, 0.15) is 31.2 Å². The fourth-order valence-corrected chi connectivity index (χ4v) is 5.69. The van der Waals surface area contributed by atoms with Gasteiger partial charge in [-0.05, 0) is 62.5 Å². The number of aromatic nitrogens is 2. The minimum Gasteiger partial charge on any atom is -0.494 e. The second-order valence-electron chi connectivity index (χ2n) is 9.71.